The van der Waals surface area contributed by atoms with Gasteiger partial charge in [0, 0.05) is 41.0 Å². The molecule has 0 amide bonds. The fraction of sp³-hybridized carbons (Fsp3) is 0.444. The summed E-state index contributed by atoms with van der Waals surface area (Å²) >= 11 is 6.56. The summed E-state index contributed by atoms with van der Waals surface area (Å²) in [5, 5.41) is 15.2. The summed E-state index contributed by atoms with van der Waals surface area (Å²) in [6.45, 7) is 9.72. The third-order valence-corrected chi connectivity index (χ3v) is 6.11. The Bertz CT molecular complexity index is 1140. The average Bonchev–Trinajstić information content (AvgIpc) is 2.78. The van der Waals surface area contributed by atoms with Gasteiger partial charge in [-0.25, -0.2) is 9.97 Å². The molecule has 0 spiro atoms. The van der Waals surface area contributed by atoms with Crippen LogP contribution in [-0.4, -0.2) is 26.1 Å². The van der Waals surface area contributed by atoms with Crippen molar-refractivity contribution in [2.75, 3.05) is 5.32 Å². The highest BCUT2D eigenvalue weighted by molar-refractivity contribution is 6.34. The van der Waals surface area contributed by atoms with Crippen LogP contribution in [0.4, 0.5) is 5.69 Å². The molecule has 1 aromatic carbocycles. The van der Waals surface area contributed by atoms with Crippen molar-refractivity contribution in [3.8, 4) is 23.5 Å². The van der Waals surface area contributed by atoms with Crippen molar-refractivity contribution in [2.24, 2.45) is 5.41 Å². The highest BCUT2D eigenvalue weighted by atomic mass is 35.5. The summed E-state index contributed by atoms with van der Waals surface area (Å²) in [6.07, 6.45) is 15.0. The number of rotatable bonds is 9. The molecule has 1 unspecified atom stereocenters. The Balaban J connectivity index is 1.79. The van der Waals surface area contributed by atoms with Crippen molar-refractivity contribution in [3.05, 3.63) is 47.6 Å². The molecule has 0 bridgehead atoms. The Kier molecular flexibility index (Phi) is 7.62. The van der Waals surface area contributed by atoms with Crippen molar-refractivity contribution in [3.63, 3.8) is 0 Å². The molecule has 0 aliphatic rings. The van der Waals surface area contributed by atoms with E-state index in [2.05, 4.69) is 53.0 Å². The fourth-order valence-corrected chi connectivity index (χ4v) is 3.90. The monoisotopic (exact) mass is 464 g/mol. The molecule has 174 valence electrons. The van der Waals surface area contributed by atoms with Crippen molar-refractivity contribution < 1.29 is 5.11 Å². The second kappa shape index (κ2) is 10.1. The lowest BCUT2D eigenvalue weighted by Gasteiger charge is -2.20. The van der Waals surface area contributed by atoms with Crippen LogP contribution in [0, 0.1) is 17.8 Å². The maximum absolute atomic E-state index is 10.1. The van der Waals surface area contributed by atoms with Crippen molar-refractivity contribution in [2.45, 2.75) is 71.9 Å². The number of fused-ring (bicyclic) bond motifs is 1. The number of hydrogen-bond acceptors (Lipinski definition) is 5. The molecule has 0 radical (unpaired) electrons. The Labute approximate surface area is 202 Å². The molecule has 0 fully saturated rings. The maximum Gasteiger partial charge on any atom is 0.159 e. The summed E-state index contributed by atoms with van der Waals surface area (Å²) < 4.78 is 0. The van der Waals surface area contributed by atoms with Crippen molar-refractivity contribution >= 4 is 28.2 Å². The molecule has 1 atom stereocenters. The predicted molar refractivity (Wildman–Crippen MR) is 137 cm³/mol. The van der Waals surface area contributed by atoms with E-state index >= 15 is 0 Å². The summed E-state index contributed by atoms with van der Waals surface area (Å²) in [5.74, 6) is 3.25. The Morgan fingerprint density at radius 3 is 2.39 bits per heavy atom. The molecular weight excluding hydrogens is 432 g/mol. The van der Waals surface area contributed by atoms with Crippen LogP contribution in [0.25, 0.3) is 22.0 Å². The quantitative estimate of drug-likeness (QED) is 0.276. The van der Waals surface area contributed by atoms with Gasteiger partial charge in [0.05, 0.1) is 16.2 Å². The number of anilines is 1. The Hall–Kier alpha value is -2.68. The number of nitrogens with zero attached hydrogens (tertiary/aromatic N) is 3. The number of unbranched alkanes of at least 4 members (excludes halogenated alkanes) is 1. The molecule has 3 rings (SSSR count). The van der Waals surface area contributed by atoms with Crippen LogP contribution in [0.5, 0.6) is 0 Å². The molecule has 0 aliphatic carbocycles. The van der Waals surface area contributed by atoms with E-state index in [0.717, 1.165) is 53.4 Å². The number of terminal acetylenes is 1. The van der Waals surface area contributed by atoms with Gasteiger partial charge >= 0.3 is 0 Å². The van der Waals surface area contributed by atoms with E-state index in [1.54, 1.807) is 32.4 Å². The SMILES string of the molecule is C#CC(C)(C)CCCCC(C)Nc1c(Cl)cnc2ccc(-c3cnc(C(C)(C)O)nc3)cc12. The predicted octanol–water partition coefficient (Wildman–Crippen LogP) is 6.59. The standard InChI is InChI=1S/C27H33ClN4O/c1-7-26(3,4)13-9-8-10-18(2)32-24-21-14-19(11-12-23(21)29-17-22(24)28)20-15-30-25(31-16-20)27(5,6)33/h1,11-12,14-18,33H,8-10,13H2,2-6H3,(H,29,32). The molecule has 3 aromatic rings. The topological polar surface area (TPSA) is 70.9 Å². The molecular formula is C27H33ClN4O. The van der Waals surface area contributed by atoms with Crippen LogP contribution in [0.2, 0.25) is 5.02 Å². The number of nitrogens with one attached hydrogen (secondary N) is 1. The zero-order valence-corrected chi connectivity index (χ0v) is 20.9. The number of aliphatic hydroxyl groups is 1. The molecule has 33 heavy (non-hydrogen) atoms. The minimum absolute atomic E-state index is 0.0491. The first-order chi connectivity index (χ1) is 15.5. The van der Waals surface area contributed by atoms with Crippen LogP contribution >= 0.6 is 11.6 Å². The first kappa shape index (κ1) is 25.0. The number of hydrogen-bond donors (Lipinski definition) is 2. The zero-order valence-electron chi connectivity index (χ0n) is 20.1. The second-order valence-electron chi connectivity index (χ2n) is 9.89. The van der Waals surface area contributed by atoms with E-state index in [9.17, 15) is 5.11 Å². The van der Waals surface area contributed by atoms with E-state index in [1.807, 2.05) is 12.1 Å². The van der Waals surface area contributed by atoms with Gasteiger partial charge in [0.1, 0.15) is 5.60 Å². The van der Waals surface area contributed by atoms with E-state index < -0.39 is 5.60 Å². The van der Waals surface area contributed by atoms with Gasteiger partial charge in [-0.3, -0.25) is 4.98 Å². The fourth-order valence-electron chi connectivity index (χ4n) is 3.70. The normalized spacial score (nSPS) is 13.0. The first-order valence-corrected chi connectivity index (χ1v) is 11.8. The lowest BCUT2D eigenvalue weighted by atomic mass is 9.88. The zero-order chi connectivity index (χ0) is 24.2. The average molecular weight is 465 g/mol. The molecule has 5 nitrogen and oxygen atoms in total. The lowest BCUT2D eigenvalue weighted by molar-refractivity contribution is 0.0687. The number of benzene rings is 1. The molecule has 0 aliphatic heterocycles. The molecule has 0 saturated carbocycles. The van der Waals surface area contributed by atoms with E-state index in [-0.39, 0.29) is 11.5 Å². The molecule has 2 heterocycles. The first-order valence-electron chi connectivity index (χ1n) is 11.4. The number of aromatic nitrogens is 3. The summed E-state index contributed by atoms with van der Waals surface area (Å²) in [5.41, 5.74) is 2.44. The summed E-state index contributed by atoms with van der Waals surface area (Å²) in [4.78, 5) is 13.1. The largest absolute Gasteiger partial charge is 0.382 e. The molecule has 2 N–H and O–H groups in total. The van der Waals surface area contributed by atoms with Gasteiger partial charge in [-0.2, -0.15) is 0 Å². The molecule has 2 aromatic heterocycles. The maximum atomic E-state index is 10.1. The smallest absolute Gasteiger partial charge is 0.159 e. The van der Waals surface area contributed by atoms with E-state index in [4.69, 9.17) is 18.0 Å². The third-order valence-electron chi connectivity index (χ3n) is 5.82. The van der Waals surface area contributed by atoms with Gasteiger partial charge in [-0.05, 0) is 65.2 Å². The van der Waals surface area contributed by atoms with Gasteiger partial charge in [0.15, 0.2) is 5.82 Å². The van der Waals surface area contributed by atoms with Crippen molar-refractivity contribution in [1.82, 2.24) is 15.0 Å². The second-order valence-corrected chi connectivity index (χ2v) is 10.3. The summed E-state index contributed by atoms with van der Waals surface area (Å²) in [6, 6.07) is 6.27. The van der Waals surface area contributed by atoms with E-state index in [1.165, 1.54) is 0 Å². The lowest BCUT2D eigenvalue weighted by Crippen LogP contribution is -2.19. The van der Waals surface area contributed by atoms with Gasteiger partial charge in [0.25, 0.3) is 0 Å². The van der Waals surface area contributed by atoms with Gasteiger partial charge in [-0.1, -0.05) is 30.5 Å². The van der Waals surface area contributed by atoms with Gasteiger partial charge in [-0.15, -0.1) is 12.3 Å². The Morgan fingerprint density at radius 2 is 1.76 bits per heavy atom. The number of pyridine rings is 1. The van der Waals surface area contributed by atoms with Crippen LogP contribution in [-0.2, 0) is 5.60 Å². The van der Waals surface area contributed by atoms with Gasteiger partial charge < -0.3 is 10.4 Å². The number of halogens is 1. The molecule has 0 saturated heterocycles. The van der Waals surface area contributed by atoms with Crippen LogP contribution in [0.15, 0.2) is 36.8 Å². The highest BCUT2D eigenvalue weighted by Gasteiger charge is 2.19. The minimum Gasteiger partial charge on any atom is -0.382 e. The molecule has 6 heteroatoms. The van der Waals surface area contributed by atoms with Crippen LogP contribution < -0.4 is 5.32 Å². The highest BCUT2D eigenvalue weighted by Crippen LogP contribution is 2.34. The van der Waals surface area contributed by atoms with Crippen LogP contribution in [0.3, 0.4) is 0 Å². The van der Waals surface area contributed by atoms with Crippen molar-refractivity contribution in [1.29, 1.82) is 0 Å². The van der Waals surface area contributed by atoms with E-state index in [0.29, 0.717) is 10.8 Å². The van der Waals surface area contributed by atoms with Gasteiger partial charge in [0.2, 0.25) is 0 Å². The van der Waals surface area contributed by atoms with Crippen LogP contribution in [0.1, 0.15) is 66.1 Å². The summed E-state index contributed by atoms with van der Waals surface area (Å²) in [7, 11) is 0. The third kappa shape index (κ3) is 6.43. The minimum atomic E-state index is -1.08. The Morgan fingerprint density at radius 1 is 1.06 bits per heavy atom.